The van der Waals surface area contributed by atoms with Crippen molar-refractivity contribution in [2.75, 3.05) is 30.0 Å². The van der Waals surface area contributed by atoms with Crippen molar-refractivity contribution in [2.45, 2.75) is 38.8 Å². The van der Waals surface area contributed by atoms with Gasteiger partial charge in [-0.2, -0.15) is 5.26 Å². The van der Waals surface area contributed by atoms with Crippen molar-refractivity contribution >= 4 is 17.5 Å². The Hall–Kier alpha value is -3.27. The molecule has 1 aliphatic heterocycles. The lowest BCUT2D eigenvalue weighted by Crippen LogP contribution is -2.26. The Bertz CT molecular complexity index is 942. The highest BCUT2D eigenvalue weighted by Crippen LogP contribution is 2.49. The summed E-state index contributed by atoms with van der Waals surface area (Å²) in [5.74, 6) is 0.410. The van der Waals surface area contributed by atoms with E-state index < -0.39 is 12.8 Å². The Morgan fingerprint density at radius 2 is 2.10 bits per heavy atom. The van der Waals surface area contributed by atoms with Crippen molar-refractivity contribution < 1.29 is 18.7 Å². The molecular weight excluding hydrogens is 385 g/mol. The number of ether oxygens (including phenoxy) is 2. The number of alkyl halides is 1. The molecule has 2 unspecified atom stereocenters. The molecule has 7 heteroatoms. The molecule has 0 aromatic heterocycles. The standard InChI is InChI=1S/C23H26FN3O3/c1-4-27-21-13-18(30-15(2)3)8-9-19(21)20(14-25)22(27)16-6-5-7-17(12-16)26-23(28)29-11-10-24/h5-9,12-13,15,20,22H,4,10-11H2,1-3H3,(H,26,28). The molecule has 0 saturated heterocycles. The van der Waals surface area contributed by atoms with Gasteiger partial charge in [0.25, 0.3) is 0 Å². The van der Waals surface area contributed by atoms with Crippen LogP contribution in [0.5, 0.6) is 5.75 Å². The van der Waals surface area contributed by atoms with Crippen molar-refractivity contribution in [1.82, 2.24) is 0 Å². The monoisotopic (exact) mass is 411 g/mol. The lowest BCUT2D eigenvalue weighted by molar-refractivity contribution is 0.152. The molecule has 2 aromatic rings. The summed E-state index contributed by atoms with van der Waals surface area (Å²) in [6.45, 7) is 5.68. The van der Waals surface area contributed by atoms with Gasteiger partial charge in [-0.05, 0) is 50.1 Å². The third-order valence-electron chi connectivity index (χ3n) is 4.93. The summed E-state index contributed by atoms with van der Waals surface area (Å²) in [6, 6.07) is 15.4. The Kier molecular flexibility index (Phi) is 6.78. The van der Waals surface area contributed by atoms with E-state index in [1.165, 1.54) is 0 Å². The predicted molar refractivity (Wildman–Crippen MR) is 114 cm³/mol. The Morgan fingerprint density at radius 1 is 1.30 bits per heavy atom. The summed E-state index contributed by atoms with van der Waals surface area (Å²) in [5.41, 5.74) is 3.37. The van der Waals surface area contributed by atoms with Gasteiger partial charge in [-0.25, -0.2) is 9.18 Å². The molecule has 0 aliphatic carbocycles. The van der Waals surface area contributed by atoms with Crippen LogP contribution in [0.4, 0.5) is 20.6 Å². The third kappa shape index (κ3) is 4.48. The number of amides is 1. The number of halogens is 1. The number of fused-ring (bicyclic) bond motifs is 1. The van der Waals surface area contributed by atoms with E-state index in [9.17, 15) is 14.4 Å². The average Bonchev–Trinajstić information content (AvgIpc) is 3.04. The lowest BCUT2D eigenvalue weighted by Gasteiger charge is -2.28. The number of likely N-dealkylation sites (N-methyl/N-ethyl adjacent to an activating group) is 1. The molecule has 1 amide bonds. The number of hydrogen-bond donors (Lipinski definition) is 1. The van der Waals surface area contributed by atoms with Crippen LogP contribution in [0.2, 0.25) is 0 Å². The van der Waals surface area contributed by atoms with Gasteiger partial charge < -0.3 is 14.4 Å². The molecule has 1 aliphatic rings. The van der Waals surface area contributed by atoms with Gasteiger partial charge in [0.1, 0.15) is 19.0 Å². The number of carbonyl (C=O) groups excluding carboxylic acids is 1. The van der Waals surface area contributed by atoms with E-state index in [0.717, 1.165) is 22.6 Å². The second-order valence-electron chi connectivity index (χ2n) is 7.30. The van der Waals surface area contributed by atoms with Gasteiger partial charge in [-0.15, -0.1) is 0 Å². The van der Waals surface area contributed by atoms with Crippen molar-refractivity contribution in [3.8, 4) is 11.8 Å². The number of benzene rings is 2. The van der Waals surface area contributed by atoms with Gasteiger partial charge in [0.15, 0.2) is 0 Å². The predicted octanol–water partition coefficient (Wildman–Crippen LogP) is 5.18. The summed E-state index contributed by atoms with van der Waals surface area (Å²) < 4.78 is 22.8. The van der Waals surface area contributed by atoms with Gasteiger partial charge in [0, 0.05) is 24.0 Å². The van der Waals surface area contributed by atoms with Crippen LogP contribution < -0.4 is 15.0 Å². The fourth-order valence-corrected chi connectivity index (χ4v) is 3.85. The van der Waals surface area contributed by atoms with Crippen molar-refractivity contribution in [3.63, 3.8) is 0 Å². The van der Waals surface area contributed by atoms with Crippen LogP contribution in [-0.2, 0) is 4.74 Å². The van der Waals surface area contributed by atoms with Crippen LogP contribution in [-0.4, -0.2) is 32.0 Å². The van der Waals surface area contributed by atoms with E-state index in [2.05, 4.69) is 16.3 Å². The highest BCUT2D eigenvalue weighted by Gasteiger charge is 2.39. The first-order chi connectivity index (χ1) is 14.5. The van der Waals surface area contributed by atoms with Gasteiger partial charge >= 0.3 is 6.09 Å². The maximum Gasteiger partial charge on any atom is 0.411 e. The van der Waals surface area contributed by atoms with Crippen molar-refractivity contribution in [3.05, 3.63) is 53.6 Å². The molecule has 1 heterocycles. The number of nitrogens with zero attached hydrogens (tertiary/aromatic N) is 2. The first-order valence-electron chi connectivity index (χ1n) is 10.0. The number of nitrogens with one attached hydrogen (secondary N) is 1. The molecule has 2 aromatic carbocycles. The number of hydrogen-bond acceptors (Lipinski definition) is 5. The SMILES string of the molecule is CCN1c2cc(OC(C)C)ccc2C(C#N)C1c1cccc(NC(=O)OCCF)c1. The summed E-state index contributed by atoms with van der Waals surface area (Å²) in [7, 11) is 0. The zero-order valence-electron chi connectivity index (χ0n) is 17.4. The molecule has 0 bridgehead atoms. The molecule has 0 saturated carbocycles. The molecule has 2 atom stereocenters. The van der Waals surface area contributed by atoms with Gasteiger partial charge in [0.2, 0.25) is 0 Å². The van der Waals surface area contributed by atoms with E-state index in [0.29, 0.717) is 12.2 Å². The fraction of sp³-hybridized carbons (Fsp3) is 0.391. The van der Waals surface area contributed by atoms with Crippen LogP contribution in [0.1, 0.15) is 43.9 Å². The summed E-state index contributed by atoms with van der Waals surface area (Å²) in [6.07, 6.45) is -0.652. The lowest BCUT2D eigenvalue weighted by atomic mass is 9.91. The Balaban J connectivity index is 1.92. The van der Waals surface area contributed by atoms with Crippen LogP contribution in [0, 0.1) is 11.3 Å². The van der Waals surface area contributed by atoms with Crippen LogP contribution in [0.3, 0.4) is 0 Å². The highest BCUT2D eigenvalue weighted by molar-refractivity contribution is 5.84. The van der Waals surface area contributed by atoms with E-state index >= 15 is 0 Å². The van der Waals surface area contributed by atoms with Gasteiger partial charge in [0.05, 0.1) is 24.1 Å². The van der Waals surface area contributed by atoms with E-state index in [1.807, 2.05) is 57.2 Å². The first-order valence-corrected chi connectivity index (χ1v) is 10.0. The maximum atomic E-state index is 12.2. The minimum Gasteiger partial charge on any atom is -0.491 e. The largest absolute Gasteiger partial charge is 0.491 e. The highest BCUT2D eigenvalue weighted by atomic mass is 19.1. The molecule has 0 fully saturated rings. The first kappa shape index (κ1) is 21.4. The second-order valence-corrected chi connectivity index (χ2v) is 7.30. The molecule has 1 N–H and O–H groups in total. The minimum atomic E-state index is -0.731. The Labute approximate surface area is 176 Å². The number of anilines is 2. The smallest absolute Gasteiger partial charge is 0.411 e. The summed E-state index contributed by atoms with van der Waals surface area (Å²) >= 11 is 0. The van der Waals surface area contributed by atoms with Gasteiger partial charge in [-0.1, -0.05) is 18.2 Å². The molecule has 0 spiro atoms. The number of rotatable bonds is 7. The normalized spacial score (nSPS) is 17.4. The minimum absolute atomic E-state index is 0.0574. The molecule has 0 radical (unpaired) electrons. The number of carbonyl (C=O) groups is 1. The maximum absolute atomic E-state index is 12.2. The molecule has 158 valence electrons. The zero-order chi connectivity index (χ0) is 21.7. The Morgan fingerprint density at radius 3 is 2.77 bits per heavy atom. The van der Waals surface area contributed by atoms with Crippen LogP contribution >= 0.6 is 0 Å². The number of nitriles is 1. The van der Waals surface area contributed by atoms with Gasteiger partial charge in [-0.3, -0.25) is 5.32 Å². The van der Waals surface area contributed by atoms with Crippen molar-refractivity contribution in [1.29, 1.82) is 5.26 Å². The van der Waals surface area contributed by atoms with Crippen molar-refractivity contribution in [2.24, 2.45) is 0 Å². The van der Waals surface area contributed by atoms with E-state index in [-0.39, 0.29) is 24.7 Å². The fourth-order valence-electron chi connectivity index (χ4n) is 3.85. The topological polar surface area (TPSA) is 74.6 Å². The summed E-state index contributed by atoms with van der Waals surface area (Å²) in [4.78, 5) is 13.9. The third-order valence-corrected chi connectivity index (χ3v) is 4.93. The summed E-state index contributed by atoms with van der Waals surface area (Å²) in [5, 5.41) is 12.6. The molecule has 3 rings (SSSR count). The zero-order valence-corrected chi connectivity index (χ0v) is 17.4. The van der Waals surface area contributed by atoms with Crippen LogP contribution in [0.25, 0.3) is 0 Å². The molecular formula is C23H26FN3O3. The van der Waals surface area contributed by atoms with E-state index in [1.54, 1.807) is 6.07 Å². The average molecular weight is 411 g/mol. The van der Waals surface area contributed by atoms with E-state index in [4.69, 9.17) is 9.47 Å². The molecule has 6 nitrogen and oxygen atoms in total. The molecule has 30 heavy (non-hydrogen) atoms. The second kappa shape index (κ2) is 9.49. The quantitative estimate of drug-likeness (QED) is 0.679. The van der Waals surface area contributed by atoms with Crippen LogP contribution in [0.15, 0.2) is 42.5 Å².